The average molecular weight is 282 g/mol. The second-order valence-corrected chi connectivity index (χ2v) is 6.48. The lowest BCUT2D eigenvalue weighted by Gasteiger charge is -2.22. The van der Waals surface area contributed by atoms with Gasteiger partial charge in [-0.3, -0.25) is 0 Å². The van der Waals surface area contributed by atoms with Gasteiger partial charge in [0.05, 0.1) is 6.04 Å². The molecule has 0 spiro atoms. The van der Waals surface area contributed by atoms with Crippen molar-refractivity contribution < 1.29 is 8.78 Å². The molecule has 0 aliphatic heterocycles. The molecule has 5 heteroatoms. The summed E-state index contributed by atoms with van der Waals surface area (Å²) in [7, 11) is 0. The molecule has 17 heavy (non-hydrogen) atoms. The molecule has 0 bridgehead atoms. The van der Waals surface area contributed by atoms with Crippen molar-refractivity contribution in [3.05, 3.63) is 29.8 Å². The van der Waals surface area contributed by atoms with E-state index >= 15 is 0 Å². The SMILES string of the molecule is CC(C)(C)Sc1ccccc1[C@H](N)C(F)F.Cl. The second kappa shape index (κ2) is 6.57. The summed E-state index contributed by atoms with van der Waals surface area (Å²) in [5, 5.41) is 0. The molecule has 0 aliphatic rings. The summed E-state index contributed by atoms with van der Waals surface area (Å²) in [5.74, 6) is 0. The third-order valence-corrected chi connectivity index (χ3v) is 3.17. The van der Waals surface area contributed by atoms with Crippen LogP contribution in [0.5, 0.6) is 0 Å². The molecular formula is C12H18ClF2NS. The monoisotopic (exact) mass is 281 g/mol. The zero-order valence-corrected chi connectivity index (χ0v) is 11.7. The van der Waals surface area contributed by atoms with Gasteiger partial charge < -0.3 is 5.73 Å². The Morgan fingerprint density at radius 3 is 2.18 bits per heavy atom. The standard InChI is InChI=1S/C12H17F2NS.ClH/c1-12(2,3)16-9-7-5-4-6-8(9)10(15)11(13)14;/h4-7,10-11H,15H2,1-3H3;1H/t10-;/m0./s1. The zero-order valence-electron chi connectivity index (χ0n) is 10.1. The van der Waals surface area contributed by atoms with E-state index in [9.17, 15) is 8.78 Å². The predicted molar refractivity (Wildman–Crippen MR) is 72.2 cm³/mol. The van der Waals surface area contributed by atoms with Crippen LogP contribution in [0.2, 0.25) is 0 Å². The van der Waals surface area contributed by atoms with Crippen LogP contribution in [0.15, 0.2) is 29.2 Å². The Morgan fingerprint density at radius 2 is 1.71 bits per heavy atom. The van der Waals surface area contributed by atoms with Gasteiger partial charge in [-0.2, -0.15) is 0 Å². The van der Waals surface area contributed by atoms with Crippen LogP contribution < -0.4 is 5.73 Å². The molecule has 0 fully saturated rings. The molecule has 0 saturated carbocycles. The second-order valence-electron chi connectivity index (χ2n) is 4.61. The number of alkyl halides is 2. The molecule has 98 valence electrons. The van der Waals surface area contributed by atoms with Crippen LogP contribution in [0, 0.1) is 0 Å². The number of hydrogen-bond acceptors (Lipinski definition) is 2. The molecule has 1 nitrogen and oxygen atoms in total. The highest BCUT2D eigenvalue weighted by molar-refractivity contribution is 8.00. The summed E-state index contributed by atoms with van der Waals surface area (Å²) in [5.41, 5.74) is 6.02. The summed E-state index contributed by atoms with van der Waals surface area (Å²) >= 11 is 1.56. The Hall–Kier alpha value is -0.320. The molecule has 0 saturated heterocycles. The largest absolute Gasteiger partial charge is 0.319 e. The highest BCUT2D eigenvalue weighted by Crippen LogP contribution is 2.36. The first-order chi connectivity index (χ1) is 7.31. The quantitative estimate of drug-likeness (QED) is 0.838. The van der Waals surface area contributed by atoms with Crippen molar-refractivity contribution in [3.63, 3.8) is 0 Å². The Morgan fingerprint density at radius 1 is 1.18 bits per heavy atom. The molecule has 1 rings (SSSR count). The first-order valence-corrected chi connectivity index (χ1v) is 5.94. The third-order valence-electron chi connectivity index (χ3n) is 1.97. The predicted octanol–water partition coefficient (Wildman–Crippen LogP) is 4.26. The maximum Gasteiger partial charge on any atom is 0.257 e. The summed E-state index contributed by atoms with van der Waals surface area (Å²) in [4.78, 5) is 0.836. The molecule has 0 aliphatic carbocycles. The topological polar surface area (TPSA) is 26.0 Å². The van der Waals surface area contributed by atoms with E-state index in [1.165, 1.54) is 0 Å². The number of rotatable bonds is 3. The van der Waals surface area contributed by atoms with Crippen LogP contribution in [0.25, 0.3) is 0 Å². The summed E-state index contributed by atoms with van der Waals surface area (Å²) in [6.45, 7) is 6.13. The molecule has 1 aromatic carbocycles. The molecule has 2 N–H and O–H groups in total. The lowest BCUT2D eigenvalue weighted by molar-refractivity contribution is 0.115. The van der Waals surface area contributed by atoms with Gasteiger partial charge in [-0.25, -0.2) is 8.78 Å². The molecule has 0 unspecified atom stereocenters. The van der Waals surface area contributed by atoms with Crippen molar-refractivity contribution in [2.24, 2.45) is 5.73 Å². The van der Waals surface area contributed by atoms with E-state index < -0.39 is 12.5 Å². The Kier molecular flexibility index (Phi) is 6.45. The van der Waals surface area contributed by atoms with Gasteiger partial charge in [0.25, 0.3) is 6.43 Å². The fourth-order valence-corrected chi connectivity index (χ4v) is 2.44. The summed E-state index contributed by atoms with van der Waals surface area (Å²) in [6, 6.07) is 5.89. The summed E-state index contributed by atoms with van der Waals surface area (Å²) < 4.78 is 25.2. The van der Waals surface area contributed by atoms with Crippen LogP contribution in [0.3, 0.4) is 0 Å². The highest BCUT2D eigenvalue weighted by atomic mass is 35.5. The first-order valence-electron chi connectivity index (χ1n) is 5.13. The van der Waals surface area contributed by atoms with E-state index in [-0.39, 0.29) is 17.2 Å². The lowest BCUT2D eigenvalue weighted by Crippen LogP contribution is -2.20. The Balaban J connectivity index is 0.00000256. The average Bonchev–Trinajstić information content (AvgIpc) is 2.15. The van der Waals surface area contributed by atoms with Crippen molar-refractivity contribution in [2.45, 2.75) is 42.9 Å². The zero-order chi connectivity index (χ0) is 12.3. The molecule has 0 amide bonds. The van der Waals surface area contributed by atoms with Gasteiger partial charge in [0.2, 0.25) is 0 Å². The van der Waals surface area contributed by atoms with Crippen LogP contribution in [0.4, 0.5) is 8.78 Å². The van der Waals surface area contributed by atoms with Gasteiger partial charge in [-0.15, -0.1) is 24.2 Å². The molecule has 0 heterocycles. The van der Waals surface area contributed by atoms with Crippen molar-refractivity contribution >= 4 is 24.2 Å². The first kappa shape index (κ1) is 16.7. The number of hydrogen-bond donors (Lipinski definition) is 1. The van der Waals surface area contributed by atoms with Gasteiger partial charge in [0.15, 0.2) is 0 Å². The van der Waals surface area contributed by atoms with Gasteiger partial charge in [-0.05, 0) is 11.6 Å². The molecule has 1 aromatic rings. The minimum Gasteiger partial charge on any atom is -0.319 e. The maximum absolute atomic E-state index is 12.6. The van der Waals surface area contributed by atoms with Crippen molar-refractivity contribution in [2.75, 3.05) is 0 Å². The molecule has 1 atom stereocenters. The maximum atomic E-state index is 12.6. The van der Waals surface area contributed by atoms with Gasteiger partial charge in [0, 0.05) is 9.64 Å². The van der Waals surface area contributed by atoms with Crippen molar-refractivity contribution in [3.8, 4) is 0 Å². The molecular weight excluding hydrogens is 264 g/mol. The van der Waals surface area contributed by atoms with E-state index in [0.29, 0.717) is 5.56 Å². The highest BCUT2D eigenvalue weighted by Gasteiger charge is 2.22. The normalized spacial score (nSPS) is 13.4. The van der Waals surface area contributed by atoms with Gasteiger partial charge in [-0.1, -0.05) is 39.0 Å². The van der Waals surface area contributed by atoms with Crippen LogP contribution >= 0.6 is 24.2 Å². The lowest BCUT2D eigenvalue weighted by atomic mass is 10.1. The minimum absolute atomic E-state index is 0. The van der Waals surface area contributed by atoms with E-state index in [0.717, 1.165) is 4.90 Å². The molecule has 0 aromatic heterocycles. The van der Waals surface area contributed by atoms with Crippen molar-refractivity contribution in [1.29, 1.82) is 0 Å². The fourth-order valence-electron chi connectivity index (χ4n) is 1.31. The number of nitrogens with two attached hydrogens (primary N) is 1. The van der Waals surface area contributed by atoms with E-state index in [1.54, 1.807) is 23.9 Å². The van der Waals surface area contributed by atoms with Crippen LogP contribution in [-0.2, 0) is 0 Å². The minimum atomic E-state index is -2.53. The summed E-state index contributed by atoms with van der Waals surface area (Å²) in [6.07, 6.45) is -2.53. The fraction of sp³-hybridized carbons (Fsp3) is 0.500. The smallest absolute Gasteiger partial charge is 0.257 e. The van der Waals surface area contributed by atoms with E-state index in [2.05, 4.69) is 0 Å². The number of benzene rings is 1. The van der Waals surface area contributed by atoms with E-state index in [1.807, 2.05) is 32.9 Å². The number of thioether (sulfide) groups is 1. The van der Waals surface area contributed by atoms with Gasteiger partial charge in [0.1, 0.15) is 0 Å². The Bertz CT molecular complexity index is 353. The van der Waals surface area contributed by atoms with Crippen LogP contribution in [0.1, 0.15) is 32.4 Å². The Labute approximate surface area is 112 Å². The van der Waals surface area contributed by atoms with Crippen LogP contribution in [-0.4, -0.2) is 11.2 Å². The van der Waals surface area contributed by atoms with Crippen molar-refractivity contribution in [1.82, 2.24) is 0 Å². The third kappa shape index (κ3) is 5.23. The molecule has 0 radical (unpaired) electrons. The van der Waals surface area contributed by atoms with Gasteiger partial charge >= 0.3 is 0 Å². The number of halogens is 3. The van der Waals surface area contributed by atoms with E-state index in [4.69, 9.17) is 5.73 Å².